The van der Waals surface area contributed by atoms with Crippen LogP contribution in [0.3, 0.4) is 0 Å². The fourth-order valence-corrected chi connectivity index (χ4v) is 8.36. The molecule has 8 aromatic rings. The third-order valence-electron chi connectivity index (χ3n) is 12.0. The van der Waals surface area contributed by atoms with Crippen molar-refractivity contribution in [1.29, 1.82) is 0 Å². The Kier molecular flexibility index (Phi) is 8.68. The minimum atomic E-state index is -0.955. The number of imidazole rings is 1. The van der Waals surface area contributed by atoms with Crippen LogP contribution < -0.4 is 0 Å². The molecule has 0 aliphatic heterocycles. The van der Waals surface area contributed by atoms with Gasteiger partial charge in [-0.05, 0) is 127 Å². The quantitative estimate of drug-likeness (QED) is 0.166. The first-order valence-corrected chi connectivity index (χ1v) is 22.0. The third-order valence-corrected chi connectivity index (χ3v) is 12.0. The van der Waals surface area contributed by atoms with E-state index in [1.165, 1.54) is 0 Å². The van der Waals surface area contributed by atoms with Gasteiger partial charge in [-0.2, -0.15) is 0 Å². The molecular formula is C60H65N3O. The number of phenols is 1. The predicted octanol–water partition coefficient (Wildman–Crippen LogP) is 16.6. The molecule has 0 spiro atoms. The minimum Gasteiger partial charge on any atom is -0.507 e. The molecule has 0 aliphatic rings. The lowest BCUT2D eigenvalue weighted by Crippen LogP contribution is -2.17. The summed E-state index contributed by atoms with van der Waals surface area (Å²) in [5, 5.41) is 12.5. The van der Waals surface area contributed by atoms with E-state index in [1.807, 2.05) is 107 Å². The molecule has 0 atom stereocenters. The molecule has 0 saturated heterocycles. The lowest BCUT2D eigenvalue weighted by atomic mass is 9.79. The first-order chi connectivity index (χ1) is 34.1. The number of aromatic nitrogens is 3. The van der Waals surface area contributed by atoms with E-state index in [9.17, 15) is 6.48 Å². The summed E-state index contributed by atoms with van der Waals surface area (Å²) in [6.45, 7) is 26.2. The molecule has 0 aliphatic carbocycles. The van der Waals surface area contributed by atoms with Crippen LogP contribution in [-0.4, -0.2) is 19.6 Å². The van der Waals surface area contributed by atoms with Crippen LogP contribution >= 0.6 is 0 Å². The first-order valence-electron chi connectivity index (χ1n) is 27.0. The Hall–Kier alpha value is -6.26. The highest BCUT2D eigenvalue weighted by Gasteiger charge is 2.29. The minimum absolute atomic E-state index is 0.00427. The average molecular weight is 854 g/mol. The second-order valence-corrected chi connectivity index (χ2v) is 20.4. The molecule has 4 heteroatoms. The van der Waals surface area contributed by atoms with Gasteiger partial charge in [-0.3, -0.25) is 9.55 Å². The van der Waals surface area contributed by atoms with Gasteiger partial charge in [-0.15, -0.1) is 0 Å². The Morgan fingerprint density at radius 2 is 1.20 bits per heavy atom. The van der Waals surface area contributed by atoms with Crippen LogP contribution in [0.2, 0.25) is 0 Å². The maximum Gasteiger partial charge on any atom is 0.149 e. The van der Waals surface area contributed by atoms with E-state index >= 15 is 0 Å². The van der Waals surface area contributed by atoms with Gasteiger partial charge < -0.3 is 5.11 Å². The van der Waals surface area contributed by atoms with Gasteiger partial charge in [-0.25, -0.2) is 4.98 Å². The van der Waals surface area contributed by atoms with Crippen LogP contribution in [0.5, 0.6) is 5.75 Å². The third kappa shape index (κ3) is 8.55. The zero-order chi connectivity index (χ0) is 54.7. The number of rotatable bonds is 8. The lowest BCUT2D eigenvalue weighted by molar-refractivity contribution is 0.446. The Bertz CT molecular complexity index is 3500. The number of fused-ring (bicyclic) bond motifs is 1. The molecule has 0 amide bonds. The van der Waals surface area contributed by atoms with Crippen molar-refractivity contribution in [2.75, 3.05) is 0 Å². The summed E-state index contributed by atoms with van der Waals surface area (Å²) in [5.41, 5.74) is 8.56. The molecule has 0 fully saturated rings. The summed E-state index contributed by atoms with van der Waals surface area (Å²) >= 11 is 0. The van der Waals surface area contributed by atoms with E-state index in [1.54, 1.807) is 0 Å². The van der Waals surface area contributed by atoms with Gasteiger partial charge in [0.1, 0.15) is 11.6 Å². The Morgan fingerprint density at radius 1 is 0.594 bits per heavy atom. The highest BCUT2D eigenvalue weighted by atomic mass is 16.3. The molecule has 0 unspecified atom stereocenters. The largest absolute Gasteiger partial charge is 0.507 e. The number of para-hydroxylation sites is 1. The molecule has 2 aromatic heterocycles. The summed E-state index contributed by atoms with van der Waals surface area (Å²) in [7, 11) is 0. The van der Waals surface area contributed by atoms with Crippen LogP contribution in [0.15, 0.2) is 139 Å². The first kappa shape index (κ1) is 33.3. The number of nitrogens with zero attached hydrogens (tertiary/aromatic N) is 3. The van der Waals surface area contributed by atoms with Crippen LogP contribution in [-0.2, 0) is 16.2 Å². The zero-order valence-electron chi connectivity index (χ0n) is 49.4. The molecule has 0 saturated carbocycles. The van der Waals surface area contributed by atoms with E-state index < -0.39 is 65.0 Å². The van der Waals surface area contributed by atoms with E-state index in [4.69, 9.17) is 17.3 Å². The van der Waals surface area contributed by atoms with Crippen molar-refractivity contribution in [3.05, 3.63) is 167 Å². The number of phenolic OH excluding ortho intramolecular Hbond substituents is 1. The molecular weight excluding hydrogens is 779 g/mol. The Balaban J connectivity index is 1.44. The molecule has 8 rings (SSSR count). The topological polar surface area (TPSA) is 50.9 Å². The smallest absolute Gasteiger partial charge is 0.149 e. The van der Waals surface area contributed by atoms with Crippen molar-refractivity contribution in [3.8, 4) is 67.5 Å². The normalized spacial score (nSPS) is 15.0. The van der Waals surface area contributed by atoms with Gasteiger partial charge in [0.25, 0.3) is 0 Å². The average Bonchev–Trinajstić information content (AvgIpc) is 3.70. The van der Waals surface area contributed by atoms with Crippen LogP contribution in [0.1, 0.15) is 143 Å². The van der Waals surface area contributed by atoms with Crippen molar-refractivity contribution in [2.45, 2.75) is 118 Å². The van der Waals surface area contributed by atoms with Crippen LogP contribution in [0, 0.1) is 0 Å². The van der Waals surface area contributed by atoms with Crippen molar-refractivity contribution >= 4 is 11.0 Å². The Labute approximate surface area is 396 Å². The predicted molar refractivity (Wildman–Crippen MR) is 272 cm³/mol. The van der Waals surface area contributed by atoms with E-state index in [2.05, 4.69) is 84.0 Å². The van der Waals surface area contributed by atoms with Crippen molar-refractivity contribution < 1.29 is 18.8 Å². The van der Waals surface area contributed by atoms with Crippen LogP contribution in [0.25, 0.3) is 72.7 Å². The number of hydrogen-bond donors (Lipinski definition) is 1. The van der Waals surface area contributed by atoms with Crippen LogP contribution in [0.4, 0.5) is 0 Å². The highest BCUT2D eigenvalue weighted by molar-refractivity contribution is 5.97. The molecule has 64 heavy (non-hydrogen) atoms. The number of hydrogen-bond acceptors (Lipinski definition) is 3. The van der Waals surface area contributed by atoms with Gasteiger partial charge in [0.15, 0.2) is 0 Å². The standard InChI is InChI=1S/C60H65N3O/c1-37(2)47-21-17-22-48(38(3)4)54(47)40-25-27-46(28-26-40)63-53-24-18-23-49(55(53)62-57(63)50-35-45(59(8,9)10)36-51(56(50)64)60(11,12)13)42-31-43(33-44(32-42)58(5,6)7)52-34-41(29-30-61-52)39-19-15-14-16-20-39/h14-38,64H,1-13H3/i14D,15D,16D,19D,20D,29D,30D,34D,37D,38D. The number of aromatic hydroxyl groups is 1. The lowest BCUT2D eigenvalue weighted by Gasteiger charge is -2.27. The molecule has 0 radical (unpaired) electrons. The van der Waals surface area contributed by atoms with Gasteiger partial charge >= 0.3 is 0 Å². The molecule has 6 aromatic carbocycles. The van der Waals surface area contributed by atoms with Gasteiger partial charge in [0, 0.05) is 31.3 Å². The van der Waals surface area contributed by atoms with E-state index in [0.717, 1.165) is 50.1 Å². The van der Waals surface area contributed by atoms with E-state index in [0.29, 0.717) is 33.6 Å². The number of benzene rings is 6. The molecule has 4 nitrogen and oxygen atoms in total. The maximum absolute atomic E-state index is 12.5. The Morgan fingerprint density at radius 3 is 1.81 bits per heavy atom. The molecule has 2 heterocycles. The SMILES string of the molecule is [2H]c1nc(-c2cc(-c3cccc4c3nc(-c3cc(C(C)(C)C)cc(C(C)(C)C)c3O)n4-c3ccc(-c4c(C([2H])(C)C)cccc4C([2H])(C)C)cc3)cc(C(C)(C)C)c2)c([2H])c(-c2c([2H])c([2H])c([2H])c([2H])c2[2H])c1[2H]. The van der Waals surface area contributed by atoms with Gasteiger partial charge in [0.05, 0.1) is 33.3 Å². The van der Waals surface area contributed by atoms with Gasteiger partial charge in [0.2, 0.25) is 0 Å². The fourth-order valence-electron chi connectivity index (χ4n) is 8.36. The summed E-state index contributed by atoms with van der Waals surface area (Å²) in [6, 6.07) is 25.8. The maximum atomic E-state index is 12.5. The van der Waals surface area contributed by atoms with Gasteiger partial charge in [-0.1, -0.05) is 175 Å². The number of pyridine rings is 1. The molecule has 1 N–H and O–H groups in total. The summed E-state index contributed by atoms with van der Waals surface area (Å²) in [4.78, 5) is 9.97. The second kappa shape index (κ2) is 16.7. The molecule has 326 valence electrons. The van der Waals surface area contributed by atoms with E-state index in [-0.39, 0.29) is 34.0 Å². The van der Waals surface area contributed by atoms with Crippen molar-refractivity contribution in [3.63, 3.8) is 0 Å². The monoisotopic (exact) mass is 854 g/mol. The summed E-state index contributed by atoms with van der Waals surface area (Å²) in [5.74, 6) is -1.31. The van der Waals surface area contributed by atoms with Crippen molar-refractivity contribution in [1.82, 2.24) is 14.5 Å². The summed E-state index contributed by atoms with van der Waals surface area (Å²) in [6.07, 6.45) is -0.518. The fraction of sp³-hybridized carbons (Fsp3) is 0.300. The van der Waals surface area contributed by atoms with Crippen molar-refractivity contribution in [2.24, 2.45) is 0 Å². The molecule has 0 bridgehead atoms. The second-order valence-electron chi connectivity index (χ2n) is 20.4. The highest BCUT2D eigenvalue weighted by Crippen LogP contribution is 2.45. The zero-order valence-corrected chi connectivity index (χ0v) is 39.4. The summed E-state index contributed by atoms with van der Waals surface area (Å²) < 4.78 is 90.0.